The van der Waals surface area contributed by atoms with Crippen LogP contribution in [0.25, 0.3) is 6.08 Å². The predicted octanol–water partition coefficient (Wildman–Crippen LogP) is 3.94. The smallest absolute Gasteiger partial charge is 0.387 e. The molecule has 0 atom stereocenters. The maximum absolute atomic E-state index is 12.3. The third-order valence-electron chi connectivity index (χ3n) is 3.41. The minimum absolute atomic E-state index is 0.0300. The molecule has 2 aromatic rings. The number of aliphatic imine (C=N–C) groups is 1. The van der Waals surface area contributed by atoms with E-state index < -0.39 is 12.6 Å². The summed E-state index contributed by atoms with van der Waals surface area (Å²) >= 11 is 0. The summed E-state index contributed by atoms with van der Waals surface area (Å²) in [7, 11) is 0. The van der Waals surface area contributed by atoms with Crippen molar-refractivity contribution in [2.75, 3.05) is 0 Å². The van der Waals surface area contributed by atoms with Crippen molar-refractivity contribution < 1.29 is 23.0 Å². The maximum atomic E-state index is 12.3. The van der Waals surface area contributed by atoms with Crippen molar-refractivity contribution in [1.29, 1.82) is 0 Å². The Balaban J connectivity index is 1.91. The van der Waals surface area contributed by atoms with E-state index in [9.17, 15) is 13.6 Å². The third-order valence-corrected chi connectivity index (χ3v) is 3.41. The minimum atomic E-state index is -2.93. The highest BCUT2D eigenvalue weighted by atomic mass is 19.3. The average Bonchev–Trinajstić information content (AvgIpc) is 2.90. The maximum Gasteiger partial charge on any atom is 0.387 e. The van der Waals surface area contributed by atoms with Gasteiger partial charge in [0, 0.05) is 5.56 Å². The fraction of sp³-hybridized carbons (Fsp3) is 0.111. The van der Waals surface area contributed by atoms with Gasteiger partial charge in [-0.3, -0.25) is 0 Å². The minimum Gasteiger partial charge on any atom is -0.435 e. The van der Waals surface area contributed by atoms with Gasteiger partial charge in [0.2, 0.25) is 5.90 Å². The van der Waals surface area contributed by atoms with Crippen molar-refractivity contribution >= 4 is 17.9 Å². The summed E-state index contributed by atoms with van der Waals surface area (Å²) < 4.78 is 34.0. The fourth-order valence-electron chi connectivity index (χ4n) is 2.23. The molecule has 24 heavy (non-hydrogen) atoms. The Kier molecular flexibility index (Phi) is 4.37. The Morgan fingerprint density at radius 1 is 1.17 bits per heavy atom. The number of carbonyl (C=O) groups excluding carboxylic acids is 1. The number of benzene rings is 2. The van der Waals surface area contributed by atoms with E-state index in [-0.39, 0.29) is 17.3 Å². The Hall–Kier alpha value is -3.02. The van der Waals surface area contributed by atoms with E-state index in [1.165, 1.54) is 18.2 Å². The van der Waals surface area contributed by atoms with Crippen molar-refractivity contribution in [3.05, 3.63) is 70.9 Å². The van der Waals surface area contributed by atoms with Gasteiger partial charge >= 0.3 is 12.6 Å². The van der Waals surface area contributed by atoms with Crippen molar-refractivity contribution in [3.63, 3.8) is 0 Å². The number of cyclic esters (lactones) is 1. The topological polar surface area (TPSA) is 47.9 Å². The molecule has 2 aromatic carbocycles. The number of hydrogen-bond acceptors (Lipinski definition) is 4. The highest BCUT2D eigenvalue weighted by Gasteiger charge is 2.24. The summed E-state index contributed by atoms with van der Waals surface area (Å²) in [4.78, 5) is 16.1. The van der Waals surface area contributed by atoms with Crippen LogP contribution >= 0.6 is 0 Å². The SMILES string of the molecule is Cc1ccccc1/C=C1\N=C(c2cccc(OC(F)F)c2)OC1=O. The summed E-state index contributed by atoms with van der Waals surface area (Å²) in [5.41, 5.74) is 2.38. The van der Waals surface area contributed by atoms with Gasteiger partial charge < -0.3 is 9.47 Å². The molecule has 0 radical (unpaired) electrons. The summed E-state index contributed by atoms with van der Waals surface area (Å²) in [6, 6.07) is 13.4. The normalized spacial score (nSPS) is 15.6. The summed E-state index contributed by atoms with van der Waals surface area (Å²) in [5, 5.41) is 0. The average molecular weight is 329 g/mol. The lowest BCUT2D eigenvalue weighted by molar-refractivity contribution is -0.129. The number of hydrogen-bond donors (Lipinski definition) is 0. The van der Waals surface area contributed by atoms with Gasteiger partial charge in [-0.1, -0.05) is 30.3 Å². The van der Waals surface area contributed by atoms with E-state index >= 15 is 0 Å². The van der Waals surface area contributed by atoms with Gasteiger partial charge in [-0.05, 0) is 42.3 Å². The fourth-order valence-corrected chi connectivity index (χ4v) is 2.23. The lowest BCUT2D eigenvalue weighted by atomic mass is 10.1. The van der Waals surface area contributed by atoms with Crippen LogP contribution in [0.15, 0.2) is 59.2 Å². The molecule has 3 rings (SSSR count). The number of carbonyl (C=O) groups is 1. The number of nitrogens with zero attached hydrogens (tertiary/aromatic N) is 1. The Bertz CT molecular complexity index is 844. The van der Waals surface area contributed by atoms with Gasteiger partial charge in [-0.25, -0.2) is 9.79 Å². The molecule has 0 saturated heterocycles. The summed E-state index contributed by atoms with van der Waals surface area (Å²) in [5.74, 6) is -0.564. The molecule has 0 aromatic heterocycles. The molecule has 0 fully saturated rings. The van der Waals surface area contributed by atoms with E-state index in [0.29, 0.717) is 5.56 Å². The summed E-state index contributed by atoms with van der Waals surface area (Å²) in [6.07, 6.45) is 1.63. The monoisotopic (exact) mass is 329 g/mol. The summed E-state index contributed by atoms with van der Waals surface area (Å²) in [6.45, 7) is -1.01. The first-order valence-corrected chi connectivity index (χ1v) is 7.16. The molecule has 0 saturated carbocycles. The van der Waals surface area contributed by atoms with Crippen LogP contribution in [0.2, 0.25) is 0 Å². The van der Waals surface area contributed by atoms with Gasteiger partial charge in [-0.15, -0.1) is 0 Å². The second kappa shape index (κ2) is 6.62. The van der Waals surface area contributed by atoms with Crippen molar-refractivity contribution in [3.8, 4) is 5.75 Å². The molecule has 6 heteroatoms. The Morgan fingerprint density at radius 3 is 2.71 bits per heavy atom. The molecule has 0 spiro atoms. The van der Waals surface area contributed by atoms with Gasteiger partial charge in [-0.2, -0.15) is 8.78 Å². The Morgan fingerprint density at radius 2 is 1.96 bits per heavy atom. The van der Waals surface area contributed by atoms with E-state index in [1.54, 1.807) is 12.1 Å². The Labute approximate surface area is 137 Å². The van der Waals surface area contributed by atoms with E-state index in [0.717, 1.165) is 11.1 Å². The molecule has 0 unspecified atom stereocenters. The van der Waals surface area contributed by atoms with E-state index in [2.05, 4.69) is 9.73 Å². The molecule has 122 valence electrons. The zero-order chi connectivity index (χ0) is 17.1. The number of ether oxygens (including phenoxy) is 2. The first kappa shape index (κ1) is 15.9. The van der Waals surface area contributed by atoms with Gasteiger partial charge in [0.25, 0.3) is 0 Å². The number of aryl methyl sites for hydroxylation is 1. The second-order valence-corrected chi connectivity index (χ2v) is 5.10. The van der Waals surface area contributed by atoms with Crippen LogP contribution in [0.3, 0.4) is 0 Å². The first-order valence-electron chi connectivity index (χ1n) is 7.16. The second-order valence-electron chi connectivity index (χ2n) is 5.10. The number of rotatable bonds is 4. The molecule has 1 aliphatic rings. The first-order chi connectivity index (χ1) is 11.5. The van der Waals surface area contributed by atoms with E-state index in [4.69, 9.17) is 4.74 Å². The van der Waals surface area contributed by atoms with Crippen LogP contribution in [-0.4, -0.2) is 18.5 Å². The van der Waals surface area contributed by atoms with Gasteiger partial charge in [0.05, 0.1) is 0 Å². The molecular weight excluding hydrogens is 316 g/mol. The lowest BCUT2D eigenvalue weighted by Gasteiger charge is -2.05. The van der Waals surface area contributed by atoms with Crippen LogP contribution < -0.4 is 4.74 Å². The quantitative estimate of drug-likeness (QED) is 0.630. The molecule has 0 N–H and O–H groups in total. The van der Waals surface area contributed by atoms with Crippen LogP contribution in [0.1, 0.15) is 16.7 Å². The standard InChI is InChI=1S/C18H13F2NO3/c1-11-5-2-3-6-12(11)10-15-17(22)24-16(21-15)13-7-4-8-14(9-13)23-18(19)20/h2-10,18H,1H3/b15-10-. The van der Waals surface area contributed by atoms with Gasteiger partial charge in [0.1, 0.15) is 5.75 Å². The lowest BCUT2D eigenvalue weighted by Crippen LogP contribution is -2.07. The van der Waals surface area contributed by atoms with E-state index in [1.807, 2.05) is 31.2 Å². The zero-order valence-electron chi connectivity index (χ0n) is 12.7. The predicted molar refractivity (Wildman–Crippen MR) is 84.9 cm³/mol. The van der Waals surface area contributed by atoms with Crippen molar-refractivity contribution in [2.45, 2.75) is 13.5 Å². The van der Waals surface area contributed by atoms with Crippen molar-refractivity contribution in [2.24, 2.45) is 4.99 Å². The molecule has 1 heterocycles. The largest absolute Gasteiger partial charge is 0.435 e. The van der Waals surface area contributed by atoms with Crippen molar-refractivity contribution in [1.82, 2.24) is 0 Å². The number of halogens is 2. The molecule has 0 amide bonds. The highest BCUT2D eigenvalue weighted by molar-refractivity contribution is 6.13. The molecule has 1 aliphatic heterocycles. The van der Waals surface area contributed by atoms with Crippen LogP contribution in [0.4, 0.5) is 8.78 Å². The van der Waals surface area contributed by atoms with Crippen LogP contribution in [0.5, 0.6) is 5.75 Å². The molecular formula is C18H13F2NO3. The zero-order valence-corrected chi connectivity index (χ0v) is 12.7. The molecule has 0 aliphatic carbocycles. The highest BCUT2D eigenvalue weighted by Crippen LogP contribution is 2.23. The molecule has 4 nitrogen and oxygen atoms in total. The van der Waals surface area contributed by atoms with Crippen LogP contribution in [0, 0.1) is 6.92 Å². The number of alkyl halides is 2. The molecule has 0 bridgehead atoms. The van der Waals surface area contributed by atoms with Gasteiger partial charge in [0.15, 0.2) is 5.70 Å². The third kappa shape index (κ3) is 3.48. The van der Waals surface area contributed by atoms with Crippen LogP contribution in [-0.2, 0) is 9.53 Å². The number of esters is 1.